The van der Waals surface area contributed by atoms with Crippen molar-refractivity contribution in [3.63, 3.8) is 0 Å². The molecule has 0 spiro atoms. The average molecular weight is 470 g/mol. The van der Waals surface area contributed by atoms with Crippen molar-refractivity contribution >= 4 is 26.8 Å². The zero-order valence-electron chi connectivity index (χ0n) is 18.6. The number of carbonyl (C=O) groups excluding carboxylic acids is 1. The van der Waals surface area contributed by atoms with Crippen molar-refractivity contribution in [1.29, 1.82) is 0 Å². The molecule has 1 atom stereocenters. The van der Waals surface area contributed by atoms with E-state index < -0.39 is 21.5 Å². The van der Waals surface area contributed by atoms with Crippen LogP contribution in [0.2, 0.25) is 0 Å². The number of amides is 1. The van der Waals surface area contributed by atoms with Gasteiger partial charge in [-0.2, -0.15) is 4.31 Å². The van der Waals surface area contributed by atoms with Crippen LogP contribution in [0.5, 0.6) is 0 Å². The number of fused-ring (bicyclic) bond motifs is 1. The highest BCUT2D eigenvalue weighted by atomic mass is 32.2. The van der Waals surface area contributed by atoms with Gasteiger partial charge in [-0.25, -0.2) is 8.42 Å². The van der Waals surface area contributed by atoms with Gasteiger partial charge in [0.2, 0.25) is 15.6 Å². The molecule has 0 bridgehead atoms. The van der Waals surface area contributed by atoms with Crippen LogP contribution >= 0.6 is 0 Å². The van der Waals surface area contributed by atoms with Gasteiger partial charge in [0.05, 0.1) is 29.7 Å². The second kappa shape index (κ2) is 9.46. The van der Waals surface area contributed by atoms with Crippen molar-refractivity contribution in [1.82, 2.24) is 14.6 Å². The van der Waals surface area contributed by atoms with E-state index >= 15 is 0 Å². The summed E-state index contributed by atoms with van der Waals surface area (Å²) < 4.78 is 32.9. The fraction of sp³-hybridized carbons (Fsp3) is 0.333. The number of ether oxygens (including phenoxy) is 1. The Morgan fingerprint density at radius 2 is 1.76 bits per heavy atom. The fourth-order valence-electron chi connectivity index (χ4n) is 4.03. The molecule has 1 aliphatic heterocycles. The highest BCUT2D eigenvalue weighted by Crippen LogP contribution is 2.26. The number of nitrogens with zero attached hydrogens (tertiary/aromatic N) is 1. The number of H-pyrrole nitrogens is 1. The first-order chi connectivity index (χ1) is 15.8. The van der Waals surface area contributed by atoms with Gasteiger partial charge in [-0.05, 0) is 29.7 Å². The number of benzene rings is 2. The van der Waals surface area contributed by atoms with Gasteiger partial charge in [0, 0.05) is 30.1 Å². The molecule has 2 N–H and O–H groups in total. The molecular weight excluding hydrogens is 442 g/mol. The SMILES string of the molecule is CC(C)C(NC(=O)c1cc(=O)[nH]c2ccc(S(=O)(=O)N3CCOCC3)cc12)c1ccccc1. The van der Waals surface area contributed by atoms with Gasteiger partial charge < -0.3 is 15.0 Å². The van der Waals surface area contributed by atoms with E-state index in [1.165, 1.54) is 28.6 Å². The summed E-state index contributed by atoms with van der Waals surface area (Å²) in [6.45, 7) is 5.22. The van der Waals surface area contributed by atoms with E-state index in [-0.39, 0.29) is 35.5 Å². The largest absolute Gasteiger partial charge is 0.379 e. The number of hydrogen-bond donors (Lipinski definition) is 2. The average Bonchev–Trinajstić information content (AvgIpc) is 2.82. The van der Waals surface area contributed by atoms with Crippen molar-refractivity contribution in [2.75, 3.05) is 26.3 Å². The Morgan fingerprint density at radius 3 is 2.42 bits per heavy atom. The summed E-state index contributed by atoms with van der Waals surface area (Å²) in [6.07, 6.45) is 0. The molecule has 0 radical (unpaired) electrons. The first kappa shape index (κ1) is 23.2. The van der Waals surface area contributed by atoms with E-state index in [1.807, 2.05) is 44.2 Å². The molecule has 2 aromatic carbocycles. The maximum atomic E-state index is 13.3. The van der Waals surface area contributed by atoms with Crippen molar-refractivity contribution in [2.24, 2.45) is 5.92 Å². The molecule has 1 aliphatic rings. The van der Waals surface area contributed by atoms with E-state index in [2.05, 4.69) is 10.3 Å². The Hall–Kier alpha value is -3.01. The van der Waals surface area contributed by atoms with Crippen LogP contribution in [0.3, 0.4) is 0 Å². The predicted octanol–water partition coefficient (Wildman–Crippen LogP) is 2.68. The number of hydrogen-bond acceptors (Lipinski definition) is 5. The summed E-state index contributed by atoms with van der Waals surface area (Å²) in [7, 11) is -3.76. The minimum atomic E-state index is -3.76. The van der Waals surface area contributed by atoms with Gasteiger partial charge in [-0.1, -0.05) is 44.2 Å². The van der Waals surface area contributed by atoms with Crippen LogP contribution < -0.4 is 10.9 Å². The maximum Gasteiger partial charge on any atom is 0.252 e. The van der Waals surface area contributed by atoms with Crippen LogP contribution in [-0.2, 0) is 14.8 Å². The zero-order valence-corrected chi connectivity index (χ0v) is 19.4. The molecule has 1 aromatic heterocycles. The molecule has 4 rings (SSSR count). The van der Waals surface area contributed by atoms with Crippen LogP contribution in [0, 0.1) is 5.92 Å². The van der Waals surface area contributed by atoms with Crippen LogP contribution in [0.25, 0.3) is 10.9 Å². The lowest BCUT2D eigenvalue weighted by Crippen LogP contribution is -2.40. The number of nitrogens with one attached hydrogen (secondary N) is 2. The molecule has 33 heavy (non-hydrogen) atoms. The van der Waals surface area contributed by atoms with Crippen molar-refractivity contribution < 1.29 is 17.9 Å². The minimum absolute atomic E-state index is 0.0708. The van der Waals surface area contributed by atoms with Gasteiger partial charge in [-0.15, -0.1) is 0 Å². The molecule has 1 saturated heterocycles. The summed E-state index contributed by atoms with van der Waals surface area (Å²) in [5.74, 6) is -0.337. The van der Waals surface area contributed by atoms with E-state index in [1.54, 1.807) is 0 Å². The Bertz CT molecular complexity index is 1310. The Balaban J connectivity index is 1.74. The van der Waals surface area contributed by atoms with E-state index in [0.29, 0.717) is 24.1 Å². The topological polar surface area (TPSA) is 109 Å². The third-order valence-corrected chi connectivity index (χ3v) is 7.67. The number of pyridine rings is 1. The number of aromatic nitrogens is 1. The standard InChI is InChI=1S/C24H27N3O5S/c1-16(2)23(17-6-4-3-5-7-17)26-24(29)20-15-22(28)25-21-9-8-18(14-19(20)21)33(30,31)27-10-12-32-13-11-27/h3-9,14-16,23H,10-13H2,1-2H3,(H,25,28)(H,26,29). The summed E-state index contributed by atoms with van der Waals surface area (Å²) in [5, 5.41) is 3.39. The molecule has 1 unspecified atom stereocenters. The first-order valence-corrected chi connectivity index (χ1v) is 12.3. The highest BCUT2D eigenvalue weighted by molar-refractivity contribution is 7.89. The second-order valence-corrected chi connectivity index (χ2v) is 10.3. The molecule has 0 saturated carbocycles. The molecule has 1 amide bonds. The second-order valence-electron chi connectivity index (χ2n) is 8.38. The Morgan fingerprint density at radius 1 is 1.06 bits per heavy atom. The van der Waals surface area contributed by atoms with Gasteiger partial charge >= 0.3 is 0 Å². The third-order valence-electron chi connectivity index (χ3n) is 5.78. The van der Waals surface area contributed by atoms with Gasteiger partial charge in [0.25, 0.3) is 5.91 Å². The van der Waals surface area contributed by atoms with Gasteiger partial charge in [0.15, 0.2) is 0 Å². The quantitative estimate of drug-likeness (QED) is 0.577. The van der Waals surface area contributed by atoms with E-state index in [0.717, 1.165) is 5.56 Å². The number of sulfonamides is 1. The van der Waals surface area contributed by atoms with E-state index in [9.17, 15) is 18.0 Å². The summed E-state index contributed by atoms with van der Waals surface area (Å²) >= 11 is 0. The van der Waals surface area contributed by atoms with Crippen molar-refractivity contribution in [2.45, 2.75) is 24.8 Å². The first-order valence-electron chi connectivity index (χ1n) is 10.9. The molecule has 9 heteroatoms. The third kappa shape index (κ3) is 4.85. The summed E-state index contributed by atoms with van der Waals surface area (Å²) in [5.41, 5.74) is 1.05. The molecule has 0 aliphatic carbocycles. The number of morpholine rings is 1. The lowest BCUT2D eigenvalue weighted by Gasteiger charge is -2.26. The normalized spacial score (nSPS) is 16.1. The summed E-state index contributed by atoms with van der Waals surface area (Å²) in [6, 6.07) is 15.0. The van der Waals surface area contributed by atoms with E-state index in [4.69, 9.17) is 4.74 Å². The number of aromatic amines is 1. The van der Waals surface area contributed by atoms with Crippen LogP contribution in [0.1, 0.15) is 35.8 Å². The maximum absolute atomic E-state index is 13.3. The highest BCUT2D eigenvalue weighted by Gasteiger charge is 2.27. The van der Waals surface area contributed by atoms with Crippen LogP contribution in [-0.4, -0.2) is 49.9 Å². The number of rotatable bonds is 6. The molecule has 1 fully saturated rings. The molecular formula is C24H27N3O5S. The molecule has 8 nitrogen and oxygen atoms in total. The lowest BCUT2D eigenvalue weighted by molar-refractivity contribution is 0.0730. The monoisotopic (exact) mass is 469 g/mol. The van der Waals surface area contributed by atoms with Crippen molar-refractivity contribution in [3.8, 4) is 0 Å². The number of carbonyl (C=O) groups is 1. The van der Waals surface area contributed by atoms with Gasteiger partial charge in [-0.3, -0.25) is 9.59 Å². The van der Waals surface area contributed by atoms with Gasteiger partial charge in [0.1, 0.15) is 0 Å². The zero-order chi connectivity index (χ0) is 23.6. The van der Waals surface area contributed by atoms with Crippen molar-refractivity contribution in [3.05, 3.63) is 76.1 Å². The predicted molar refractivity (Wildman–Crippen MR) is 126 cm³/mol. The fourth-order valence-corrected chi connectivity index (χ4v) is 5.47. The molecule has 3 aromatic rings. The smallest absolute Gasteiger partial charge is 0.252 e. The minimum Gasteiger partial charge on any atom is -0.379 e. The van der Waals surface area contributed by atoms with Crippen LogP contribution in [0.15, 0.2) is 64.3 Å². The van der Waals surface area contributed by atoms with Crippen LogP contribution in [0.4, 0.5) is 0 Å². The lowest BCUT2D eigenvalue weighted by atomic mass is 9.95. The molecule has 174 valence electrons. The summed E-state index contributed by atoms with van der Waals surface area (Å²) in [4.78, 5) is 28.3. The Kier molecular flexibility index (Phi) is 6.64. The molecule has 2 heterocycles. The Labute approximate surface area is 192 Å².